The number of rotatable bonds is 9. The third-order valence-corrected chi connectivity index (χ3v) is 5.54. The average Bonchev–Trinajstić information content (AvgIpc) is 2.72. The standard InChI is InChI=1S/C23H29IN2O3/c1-5-17(3)25-23(28)18(4)26(14-19-8-6-16(2)7-9-19)22(27)15-29-21-12-10-20(24)11-13-21/h6-13,17-18H,5,14-15H2,1-4H3,(H,25,28)/t17-,18+/m1/s1. The van der Waals surface area contributed by atoms with Crippen molar-refractivity contribution in [3.8, 4) is 5.75 Å². The molecule has 5 nitrogen and oxygen atoms in total. The molecule has 0 spiro atoms. The fourth-order valence-electron chi connectivity index (χ4n) is 2.70. The van der Waals surface area contributed by atoms with E-state index in [1.54, 1.807) is 11.8 Å². The van der Waals surface area contributed by atoms with Crippen molar-refractivity contribution in [2.24, 2.45) is 0 Å². The van der Waals surface area contributed by atoms with E-state index in [2.05, 4.69) is 27.9 Å². The zero-order chi connectivity index (χ0) is 21.4. The van der Waals surface area contributed by atoms with E-state index in [4.69, 9.17) is 4.74 Å². The summed E-state index contributed by atoms with van der Waals surface area (Å²) in [5.74, 6) is 0.246. The van der Waals surface area contributed by atoms with Crippen LogP contribution in [0, 0.1) is 10.5 Å². The molecule has 29 heavy (non-hydrogen) atoms. The van der Waals surface area contributed by atoms with Gasteiger partial charge in [-0.15, -0.1) is 0 Å². The number of amides is 2. The van der Waals surface area contributed by atoms with Gasteiger partial charge in [0.15, 0.2) is 6.61 Å². The fourth-order valence-corrected chi connectivity index (χ4v) is 3.06. The van der Waals surface area contributed by atoms with Crippen molar-refractivity contribution in [1.82, 2.24) is 10.2 Å². The number of carbonyl (C=O) groups excluding carboxylic acids is 2. The molecule has 0 aliphatic carbocycles. The normalized spacial score (nSPS) is 12.7. The Morgan fingerprint density at radius 3 is 2.28 bits per heavy atom. The molecule has 0 heterocycles. The summed E-state index contributed by atoms with van der Waals surface area (Å²) in [5.41, 5.74) is 2.12. The molecule has 0 fully saturated rings. The lowest BCUT2D eigenvalue weighted by Crippen LogP contribution is -2.50. The number of benzene rings is 2. The number of nitrogens with one attached hydrogen (secondary N) is 1. The van der Waals surface area contributed by atoms with Crippen molar-refractivity contribution in [3.63, 3.8) is 0 Å². The molecule has 0 radical (unpaired) electrons. The lowest BCUT2D eigenvalue weighted by molar-refractivity contribution is -0.142. The number of hydrogen-bond donors (Lipinski definition) is 1. The SMILES string of the molecule is CC[C@@H](C)NC(=O)[C@H](C)N(Cc1ccc(C)cc1)C(=O)COc1ccc(I)cc1. The molecular formula is C23H29IN2O3. The van der Waals surface area contributed by atoms with E-state index in [-0.39, 0.29) is 24.5 Å². The predicted octanol–water partition coefficient (Wildman–Crippen LogP) is 4.31. The molecule has 0 unspecified atom stereocenters. The van der Waals surface area contributed by atoms with Crippen molar-refractivity contribution in [2.75, 3.05) is 6.61 Å². The van der Waals surface area contributed by atoms with Crippen molar-refractivity contribution >= 4 is 34.4 Å². The van der Waals surface area contributed by atoms with Gasteiger partial charge in [-0.2, -0.15) is 0 Å². The van der Waals surface area contributed by atoms with Crippen molar-refractivity contribution in [2.45, 2.75) is 52.7 Å². The van der Waals surface area contributed by atoms with Gasteiger partial charge >= 0.3 is 0 Å². The largest absolute Gasteiger partial charge is 0.484 e. The second-order valence-corrected chi connectivity index (χ2v) is 8.49. The first-order chi connectivity index (χ1) is 13.8. The molecule has 0 saturated heterocycles. The molecule has 156 valence electrons. The highest BCUT2D eigenvalue weighted by molar-refractivity contribution is 14.1. The quantitative estimate of drug-likeness (QED) is 0.514. The van der Waals surface area contributed by atoms with E-state index in [1.165, 1.54) is 0 Å². The second-order valence-electron chi connectivity index (χ2n) is 7.24. The number of hydrogen-bond acceptors (Lipinski definition) is 3. The molecule has 2 amide bonds. The minimum atomic E-state index is -0.599. The van der Waals surface area contributed by atoms with Crippen LogP contribution >= 0.6 is 22.6 Å². The van der Waals surface area contributed by atoms with E-state index < -0.39 is 6.04 Å². The Bertz CT molecular complexity index is 806. The smallest absolute Gasteiger partial charge is 0.261 e. The zero-order valence-corrected chi connectivity index (χ0v) is 19.6. The summed E-state index contributed by atoms with van der Waals surface area (Å²) in [6.45, 7) is 7.98. The Morgan fingerprint density at radius 2 is 1.69 bits per heavy atom. The van der Waals surface area contributed by atoms with Gasteiger partial charge in [0.05, 0.1) is 0 Å². The van der Waals surface area contributed by atoms with Gasteiger partial charge in [-0.05, 0) is 79.6 Å². The topological polar surface area (TPSA) is 58.6 Å². The van der Waals surface area contributed by atoms with Crippen LogP contribution in [0.1, 0.15) is 38.3 Å². The summed E-state index contributed by atoms with van der Waals surface area (Å²) in [6, 6.07) is 14.9. The van der Waals surface area contributed by atoms with Crippen LogP contribution in [0.4, 0.5) is 0 Å². The minimum Gasteiger partial charge on any atom is -0.484 e. The Kier molecular flexibility index (Phi) is 8.95. The van der Waals surface area contributed by atoms with Gasteiger partial charge in [0.1, 0.15) is 11.8 Å². The van der Waals surface area contributed by atoms with Crippen LogP contribution in [-0.2, 0) is 16.1 Å². The van der Waals surface area contributed by atoms with E-state index in [0.29, 0.717) is 12.3 Å². The Hall–Kier alpha value is -2.09. The maximum Gasteiger partial charge on any atom is 0.261 e. The maximum atomic E-state index is 13.0. The maximum absolute atomic E-state index is 13.0. The number of halogens is 1. The number of carbonyl (C=O) groups is 2. The van der Waals surface area contributed by atoms with Crippen LogP contribution in [0.15, 0.2) is 48.5 Å². The van der Waals surface area contributed by atoms with Crippen LogP contribution in [0.2, 0.25) is 0 Å². The summed E-state index contributed by atoms with van der Waals surface area (Å²) in [4.78, 5) is 27.2. The molecule has 2 atom stereocenters. The molecule has 0 bridgehead atoms. The van der Waals surface area contributed by atoms with Gasteiger partial charge in [0.25, 0.3) is 5.91 Å². The molecule has 0 aliphatic heterocycles. The predicted molar refractivity (Wildman–Crippen MR) is 124 cm³/mol. The number of ether oxygens (including phenoxy) is 1. The minimum absolute atomic E-state index is 0.0596. The molecule has 6 heteroatoms. The third kappa shape index (κ3) is 7.34. The third-order valence-electron chi connectivity index (χ3n) is 4.82. The molecule has 2 aromatic rings. The van der Waals surface area contributed by atoms with Crippen molar-refractivity contribution < 1.29 is 14.3 Å². The van der Waals surface area contributed by atoms with E-state index in [1.807, 2.05) is 69.3 Å². The van der Waals surface area contributed by atoms with Crippen LogP contribution in [0.5, 0.6) is 5.75 Å². The van der Waals surface area contributed by atoms with Gasteiger partial charge in [-0.1, -0.05) is 36.8 Å². The lowest BCUT2D eigenvalue weighted by atomic mass is 10.1. The lowest BCUT2D eigenvalue weighted by Gasteiger charge is -2.29. The molecule has 2 aromatic carbocycles. The van der Waals surface area contributed by atoms with Gasteiger partial charge in [-0.25, -0.2) is 0 Å². The van der Waals surface area contributed by atoms with Crippen LogP contribution < -0.4 is 10.1 Å². The summed E-state index contributed by atoms with van der Waals surface area (Å²) in [6.07, 6.45) is 0.834. The molecular weight excluding hydrogens is 479 g/mol. The first-order valence-corrected chi connectivity index (χ1v) is 10.9. The second kappa shape index (κ2) is 11.2. The van der Waals surface area contributed by atoms with E-state index in [9.17, 15) is 9.59 Å². The molecule has 0 aliphatic rings. The average molecular weight is 508 g/mol. The molecule has 0 aromatic heterocycles. The highest BCUT2D eigenvalue weighted by atomic mass is 127. The van der Waals surface area contributed by atoms with E-state index in [0.717, 1.165) is 21.1 Å². The molecule has 0 saturated carbocycles. The van der Waals surface area contributed by atoms with Gasteiger partial charge in [0, 0.05) is 16.2 Å². The van der Waals surface area contributed by atoms with Gasteiger partial charge in [0.2, 0.25) is 5.91 Å². The van der Waals surface area contributed by atoms with Crippen molar-refractivity contribution in [1.29, 1.82) is 0 Å². The van der Waals surface area contributed by atoms with Crippen LogP contribution in [-0.4, -0.2) is 35.4 Å². The summed E-state index contributed by atoms with van der Waals surface area (Å²) < 4.78 is 6.76. The van der Waals surface area contributed by atoms with Gasteiger partial charge in [-0.3, -0.25) is 9.59 Å². The Balaban J connectivity index is 2.13. The monoisotopic (exact) mass is 508 g/mol. The Morgan fingerprint density at radius 1 is 1.07 bits per heavy atom. The number of nitrogens with zero attached hydrogens (tertiary/aromatic N) is 1. The highest BCUT2D eigenvalue weighted by Gasteiger charge is 2.27. The summed E-state index contributed by atoms with van der Waals surface area (Å²) in [7, 11) is 0. The molecule has 1 N–H and O–H groups in total. The van der Waals surface area contributed by atoms with Crippen LogP contribution in [0.3, 0.4) is 0 Å². The summed E-state index contributed by atoms with van der Waals surface area (Å²) in [5, 5.41) is 2.97. The number of aryl methyl sites for hydroxylation is 1. The first-order valence-electron chi connectivity index (χ1n) is 9.84. The van der Waals surface area contributed by atoms with Gasteiger partial charge < -0.3 is 15.0 Å². The summed E-state index contributed by atoms with van der Waals surface area (Å²) >= 11 is 2.22. The van der Waals surface area contributed by atoms with E-state index >= 15 is 0 Å². The Labute approximate surface area is 187 Å². The van der Waals surface area contributed by atoms with Crippen molar-refractivity contribution in [3.05, 3.63) is 63.2 Å². The first kappa shape index (κ1) is 23.2. The molecule has 2 rings (SSSR count). The zero-order valence-electron chi connectivity index (χ0n) is 17.4. The highest BCUT2D eigenvalue weighted by Crippen LogP contribution is 2.15. The fraction of sp³-hybridized carbons (Fsp3) is 0.391. The van der Waals surface area contributed by atoms with Crippen LogP contribution in [0.25, 0.3) is 0 Å².